The lowest BCUT2D eigenvalue weighted by atomic mass is 10.2. The number of hydrogen-bond donors (Lipinski definition) is 2. The van der Waals surface area contributed by atoms with Crippen LogP contribution in [-0.4, -0.2) is 23.5 Å². The Kier molecular flexibility index (Phi) is 8.93. The van der Waals surface area contributed by atoms with E-state index in [-0.39, 0.29) is 42.6 Å². The number of halogens is 4. The van der Waals surface area contributed by atoms with Crippen LogP contribution in [0.1, 0.15) is 23.2 Å². The first-order chi connectivity index (χ1) is 11.5. The number of nitrogens with two attached hydrogens (primary N) is 1. The summed E-state index contributed by atoms with van der Waals surface area (Å²) >= 11 is 12.0. The number of benzene rings is 1. The van der Waals surface area contributed by atoms with Crippen LogP contribution in [0.5, 0.6) is 11.6 Å². The van der Waals surface area contributed by atoms with Crippen molar-refractivity contribution in [2.24, 2.45) is 11.7 Å². The molecule has 2 aromatic rings. The summed E-state index contributed by atoms with van der Waals surface area (Å²) in [6.07, 6.45) is 3.81. The number of rotatable bonds is 6. The van der Waals surface area contributed by atoms with E-state index in [4.69, 9.17) is 33.7 Å². The third-order valence-electron chi connectivity index (χ3n) is 3.84. The van der Waals surface area contributed by atoms with E-state index < -0.39 is 0 Å². The van der Waals surface area contributed by atoms with Crippen LogP contribution < -0.4 is 15.8 Å². The Hall–Kier alpha value is -1.24. The number of ether oxygens (including phenoxy) is 1. The van der Waals surface area contributed by atoms with Crippen molar-refractivity contribution in [3.8, 4) is 11.6 Å². The van der Waals surface area contributed by atoms with Crippen molar-refractivity contribution in [3.63, 3.8) is 0 Å². The summed E-state index contributed by atoms with van der Waals surface area (Å²) in [5, 5.41) is 3.68. The smallest absolute Gasteiger partial charge is 0.256 e. The fourth-order valence-corrected chi connectivity index (χ4v) is 2.75. The lowest BCUT2D eigenvalue weighted by molar-refractivity contribution is 0.0947. The van der Waals surface area contributed by atoms with E-state index in [0.29, 0.717) is 33.8 Å². The first-order valence-electron chi connectivity index (χ1n) is 7.66. The standard InChI is InChI=1S/C17H17Cl2N3O2.2ClH/c18-11-5-6-15(13(19)8-11)24-17-12(2-1-7-21-17)16(23)22-9-14(20)10-3-4-10;;/h1-2,5-8,10,14H,3-4,9,20H2,(H,22,23);2*1H. The molecule has 0 bridgehead atoms. The van der Waals surface area contributed by atoms with E-state index in [1.807, 2.05) is 0 Å². The maximum Gasteiger partial charge on any atom is 0.256 e. The van der Waals surface area contributed by atoms with Crippen molar-refractivity contribution in [1.29, 1.82) is 0 Å². The molecule has 1 fully saturated rings. The summed E-state index contributed by atoms with van der Waals surface area (Å²) < 4.78 is 5.69. The molecule has 0 radical (unpaired) electrons. The quantitative estimate of drug-likeness (QED) is 0.696. The van der Waals surface area contributed by atoms with Crippen LogP contribution in [0.2, 0.25) is 10.0 Å². The highest BCUT2D eigenvalue weighted by atomic mass is 35.5. The van der Waals surface area contributed by atoms with Gasteiger partial charge in [0.05, 0.1) is 5.02 Å². The summed E-state index contributed by atoms with van der Waals surface area (Å²) in [4.78, 5) is 16.5. The topological polar surface area (TPSA) is 77.2 Å². The molecule has 3 N–H and O–H groups in total. The SMILES string of the molecule is Cl.Cl.NC(CNC(=O)c1cccnc1Oc1ccc(Cl)cc1Cl)C1CC1. The van der Waals surface area contributed by atoms with E-state index in [1.54, 1.807) is 36.5 Å². The van der Waals surface area contributed by atoms with Gasteiger partial charge >= 0.3 is 0 Å². The number of carbonyl (C=O) groups excluding carboxylic acids is 1. The van der Waals surface area contributed by atoms with Gasteiger partial charge in [-0.05, 0) is 49.1 Å². The summed E-state index contributed by atoms with van der Waals surface area (Å²) in [6, 6.07) is 8.15. The minimum absolute atomic E-state index is 0. The molecule has 1 aromatic carbocycles. The van der Waals surface area contributed by atoms with Gasteiger partial charge in [-0.25, -0.2) is 4.98 Å². The zero-order chi connectivity index (χ0) is 17.1. The molecule has 0 spiro atoms. The zero-order valence-corrected chi connectivity index (χ0v) is 16.8. The van der Waals surface area contributed by atoms with Crippen LogP contribution in [0.4, 0.5) is 0 Å². The molecule has 1 amide bonds. The Labute approximate surface area is 174 Å². The molecule has 1 aromatic heterocycles. The number of amides is 1. The van der Waals surface area contributed by atoms with Crippen molar-refractivity contribution < 1.29 is 9.53 Å². The molecule has 1 saturated carbocycles. The van der Waals surface area contributed by atoms with E-state index in [2.05, 4.69) is 10.3 Å². The Morgan fingerprint density at radius 3 is 2.69 bits per heavy atom. The Morgan fingerprint density at radius 2 is 2.04 bits per heavy atom. The number of hydrogen-bond acceptors (Lipinski definition) is 4. The molecular weight excluding hydrogens is 420 g/mol. The van der Waals surface area contributed by atoms with E-state index in [0.717, 1.165) is 12.8 Å². The molecule has 1 aliphatic carbocycles. The van der Waals surface area contributed by atoms with E-state index in [1.165, 1.54) is 0 Å². The fourth-order valence-electron chi connectivity index (χ4n) is 2.30. The average molecular weight is 439 g/mol. The lowest BCUT2D eigenvalue weighted by Crippen LogP contribution is -2.38. The van der Waals surface area contributed by atoms with Crippen LogP contribution in [-0.2, 0) is 0 Å². The minimum Gasteiger partial charge on any atom is -0.437 e. The van der Waals surface area contributed by atoms with Crippen LogP contribution in [0.25, 0.3) is 0 Å². The van der Waals surface area contributed by atoms with Crippen molar-refractivity contribution >= 4 is 53.9 Å². The van der Waals surface area contributed by atoms with Gasteiger partial charge in [-0.15, -0.1) is 24.8 Å². The second-order valence-corrected chi connectivity index (χ2v) is 6.59. The molecule has 1 aliphatic rings. The molecule has 1 heterocycles. The molecule has 1 unspecified atom stereocenters. The molecule has 142 valence electrons. The Bertz CT molecular complexity index is 757. The van der Waals surface area contributed by atoms with Crippen molar-refractivity contribution in [1.82, 2.24) is 10.3 Å². The van der Waals surface area contributed by atoms with Gasteiger partial charge in [0.25, 0.3) is 5.91 Å². The third kappa shape index (κ3) is 5.89. The van der Waals surface area contributed by atoms with Gasteiger partial charge in [0.2, 0.25) is 5.88 Å². The summed E-state index contributed by atoms with van der Waals surface area (Å²) in [6.45, 7) is 0.430. The van der Waals surface area contributed by atoms with Gasteiger partial charge in [0.15, 0.2) is 0 Å². The van der Waals surface area contributed by atoms with Crippen LogP contribution >= 0.6 is 48.0 Å². The zero-order valence-electron chi connectivity index (χ0n) is 13.7. The van der Waals surface area contributed by atoms with Crippen LogP contribution in [0.15, 0.2) is 36.5 Å². The average Bonchev–Trinajstić information content (AvgIpc) is 3.40. The monoisotopic (exact) mass is 437 g/mol. The Balaban J connectivity index is 0.00000169. The maximum absolute atomic E-state index is 12.4. The third-order valence-corrected chi connectivity index (χ3v) is 4.37. The first-order valence-corrected chi connectivity index (χ1v) is 8.42. The highest BCUT2D eigenvalue weighted by Crippen LogP contribution is 2.32. The molecule has 0 aliphatic heterocycles. The van der Waals surface area contributed by atoms with Gasteiger partial charge in [0.1, 0.15) is 11.3 Å². The molecule has 0 saturated heterocycles. The van der Waals surface area contributed by atoms with E-state index in [9.17, 15) is 4.79 Å². The molecule has 9 heteroatoms. The van der Waals surface area contributed by atoms with E-state index >= 15 is 0 Å². The second kappa shape index (κ2) is 10.2. The van der Waals surface area contributed by atoms with Gasteiger partial charge in [-0.1, -0.05) is 23.2 Å². The maximum atomic E-state index is 12.4. The molecule has 1 atom stereocenters. The Morgan fingerprint density at radius 1 is 1.31 bits per heavy atom. The normalized spacial score (nSPS) is 13.8. The van der Waals surface area contributed by atoms with Gasteiger partial charge in [0, 0.05) is 23.8 Å². The molecule has 5 nitrogen and oxygen atoms in total. The first kappa shape index (κ1) is 22.8. The fraction of sp³-hybridized carbons (Fsp3) is 0.294. The van der Waals surface area contributed by atoms with Gasteiger partial charge in [-0.3, -0.25) is 4.79 Å². The summed E-state index contributed by atoms with van der Waals surface area (Å²) in [5.41, 5.74) is 6.33. The van der Waals surface area contributed by atoms with Crippen molar-refractivity contribution in [2.75, 3.05) is 6.54 Å². The van der Waals surface area contributed by atoms with Crippen LogP contribution in [0.3, 0.4) is 0 Å². The predicted octanol–water partition coefficient (Wildman–Crippen LogP) is 4.49. The molecule has 3 rings (SSSR count). The number of pyridine rings is 1. The minimum atomic E-state index is -0.278. The predicted molar refractivity (Wildman–Crippen MR) is 108 cm³/mol. The van der Waals surface area contributed by atoms with Gasteiger partial charge in [-0.2, -0.15) is 0 Å². The summed E-state index contributed by atoms with van der Waals surface area (Å²) in [7, 11) is 0. The van der Waals surface area contributed by atoms with Crippen LogP contribution in [0, 0.1) is 5.92 Å². The highest BCUT2D eigenvalue weighted by molar-refractivity contribution is 6.35. The second-order valence-electron chi connectivity index (χ2n) is 5.74. The number of nitrogens with one attached hydrogen (secondary N) is 1. The van der Waals surface area contributed by atoms with Gasteiger partial charge < -0.3 is 15.8 Å². The van der Waals surface area contributed by atoms with Crippen molar-refractivity contribution in [2.45, 2.75) is 18.9 Å². The highest BCUT2D eigenvalue weighted by Gasteiger charge is 2.28. The molecule has 26 heavy (non-hydrogen) atoms. The largest absolute Gasteiger partial charge is 0.437 e. The lowest BCUT2D eigenvalue weighted by Gasteiger charge is -2.14. The number of carbonyl (C=O) groups is 1. The number of nitrogens with zero attached hydrogens (tertiary/aromatic N) is 1. The van der Waals surface area contributed by atoms with Crippen molar-refractivity contribution in [3.05, 3.63) is 52.1 Å². The summed E-state index contributed by atoms with van der Waals surface area (Å²) in [5.74, 6) is 0.796. The molecular formula is C17H19Cl4N3O2. The number of aromatic nitrogens is 1.